The van der Waals surface area contributed by atoms with Crippen molar-refractivity contribution in [3.05, 3.63) is 58.6 Å². The number of hydrogen-bond donors (Lipinski definition) is 1. The summed E-state index contributed by atoms with van der Waals surface area (Å²) >= 11 is 5.96. The Morgan fingerprint density at radius 1 is 1.07 bits per heavy atom. The zero-order valence-corrected chi connectivity index (χ0v) is 16.9. The first kappa shape index (κ1) is 21.6. The molecular weight excluding hydrogens is 382 g/mol. The van der Waals surface area contributed by atoms with Gasteiger partial charge in [0.1, 0.15) is 11.5 Å². The minimum Gasteiger partial charge on any atom is -0.497 e. The van der Waals surface area contributed by atoms with Gasteiger partial charge in [-0.3, -0.25) is 9.59 Å². The zero-order chi connectivity index (χ0) is 20.5. The number of halogens is 1. The number of amides is 1. The highest BCUT2D eigenvalue weighted by molar-refractivity contribution is 6.30. The van der Waals surface area contributed by atoms with Gasteiger partial charge in [0.25, 0.3) is 5.91 Å². The lowest BCUT2D eigenvalue weighted by molar-refractivity contribution is -0.154. The van der Waals surface area contributed by atoms with Crippen molar-refractivity contribution in [2.45, 2.75) is 25.9 Å². The van der Waals surface area contributed by atoms with E-state index < -0.39 is 12.1 Å². The van der Waals surface area contributed by atoms with Crippen molar-refractivity contribution < 1.29 is 23.8 Å². The summed E-state index contributed by atoms with van der Waals surface area (Å²) in [5.74, 6) is 0.445. The number of nitrogens with one attached hydrogen (secondary N) is 1. The predicted molar refractivity (Wildman–Crippen MR) is 107 cm³/mol. The van der Waals surface area contributed by atoms with Gasteiger partial charge in [-0.25, -0.2) is 0 Å². The van der Waals surface area contributed by atoms with Crippen LogP contribution in [0.4, 0.5) is 0 Å². The molecule has 0 saturated carbocycles. The quantitative estimate of drug-likeness (QED) is 0.648. The van der Waals surface area contributed by atoms with Crippen LogP contribution in [0.1, 0.15) is 18.1 Å². The number of carbonyl (C=O) groups is 2. The molecule has 0 heterocycles. The van der Waals surface area contributed by atoms with E-state index in [9.17, 15) is 9.59 Å². The highest BCUT2D eigenvalue weighted by Crippen LogP contribution is 2.23. The van der Waals surface area contributed by atoms with E-state index in [2.05, 4.69) is 5.32 Å². The Morgan fingerprint density at radius 2 is 1.79 bits per heavy atom. The Balaban J connectivity index is 1.79. The summed E-state index contributed by atoms with van der Waals surface area (Å²) < 4.78 is 15.5. The molecule has 1 N–H and O–H groups in total. The first-order valence-corrected chi connectivity index (χ1v) is 9.23. The van der Waals surface area contributed by atoms with E-state index in [1.807, 2.05) is 24.3 Å². The fourth-order valence-corrected chi connectivity index (χ4v) is 2.79. The Labute approximate surface area is 169 Å². The molecule has 0 aliphatic heterocycles. The van der Waals surface area contributed by atoms with Gasteiger partial charge in [-0.15, -0.1) is 0 Å². The van der Waals surface area contributed by atoms with Crippen LogP contribution in [0.15, 0.2) is 42.5 Å². The third kappa shape index (κ3) is 6.46. The highest BCUT2D eigenvalue weighted by Gasteiger charge is 2.19. The lowest BCUT2D eigenvalue weighted by atomic mass is 10.1. The number of esters is 1. The topological polar surface area (TPSA) is 73.9 Å². The van der Waals surface area contributed by atoms with E-state index in [-0.39, 0.29) is 12.3 Å². The first-order valence-electron chi connectivity index (χ1n) is 8.85. The summed E-state index contributed by atoms with van der Waals surface area (Å²) in [5.41, 5.74) is 1.67. The number of benzene rings is 2. The Morgan fingerprint density at radius 3 is 2.43 bits per heavy atom. The Hall–Kier alpha value is -2.73. The van der Waals surface area contributed by atoms with Crippen molar-refractivity contribution in [1.82, 2.24) is 5.32 Å². The van der Waals surface area contributed by atoms with Crippen molar-refractivity contribution >= 4 is 23.5 Å². The molecule has 0 aliphatic rings. The van der Waals surface area contributed by atoms with Crippen LogP contribution in [0.2, 0.25) is 5.02 Å². The van der Waals surface area contributed by atoms with Crippen LogP contribution in [0, 0.1) is 0 Å². The predicted octanol–water partition coefficient (Wildman–Crippen LogP) is 3.19. The van der Waals surface area contributed by atoms with E-state index >= 15 is 0 Å². The highest BCUT2D eigenvalue weighted by atomic mass is 35.5. The molecule has 0 bridgehead atoms. The molecule has 6 nitrogen and oxygen atoms in total. The molecule has 1 amide bonds. The largest absolute Gasteiger partial charge is 0.497 e. The number of ether oxygens (including phenoxy) is 3. The minimum atomic E-state index is -0.895. The van der Waals surface area contributed by atoms with E-state index in [0.29, 0.717) is 29.3 Å². The summed E-state index contributed by atoms with van der Waals surface area (Å²) in [6.07, 6.45) is -0.267. The molecular formula is C21H24ClNO5. The van der Waals surface area contributed by atoms with Crippen LogP contribution in [-0.2, 0) is 27.2 Å². The molecule has 150 valence electrons. The van der Waals surface area contributed by atoms with Gasteiger partial charge in [0.05, 0.1) is 20.6 Å². The number of methoxy groups -OCH3 is 2. The maximum absolute atomic E-state index is 12.1. The van der Waals surface area contributed by atoms with E-state index in [4.69, 9.17) is 25.8 Å². The molecule has 7 heteroatoms. The zero-order valence-electron chi connectivity index (χ0n) is 16.2. The van der Waals surface area contributed by atoms with Gasteiger partial charge in [0, 0.05) is 17.1 Å². The van der Waals surface area contributed by atoms with Crippen LogP contribution in [0.5, 0.6) is 11.5 Å². The Kier molecular flexibility index (Phi) is 8.14. The monoisotopic (exact) mass is 405 g/mol. The van der Waals surface area contributed by atoms with E-state index in [1.54, 1.807) is 25.3 Å². The van der Waals surface area contributed by atoms with Crippen LogP contribution in [0.25, 0.3) is 0 Å². The number of hydrogen-bond acceptors (Lipinski definition) is 5. The van der Waals surface area contributed by atoms with Crippen LogP contribution in [-0.4, -0.2) is 38.7 Å². The molecule has 2 rings (SSSR count). The summed E-state index contributed by atoms with van der Waals surface area (Å²) in [5, 5.41) is 3.26. The maximum Gasteiger partial charge on any atom is 0.311 e. The van der Waals surface area contributed by atoms with Gasteiger partial charge in [0.15, 0.2) is 6.10 Å². The molecule has 2 aromatic carbocycles. The molecule has 0 saturated heterocycles. The standard InChI is InChI=1S/C21H24ClNO5/c1-14(21(25)23-11-10-15-4-7-18(26-2)8-5-15)28-20(24)13-16-12-17(22)6-9-19(16)27-3/h4-9,12,14H,10-11,13H2,1-3H3,(H,23,25)/t14-/m0/s1. The van der Waals surface area contributed by atoms with Crippen molar-refractivity contribution in [2.75, 3.05) is 20.8 Å². The molecule has 28 heavy (non-hydrogen) atoms. The minimum absolute atomic E-state index is 0.0345. The van der Waals surface area contributed by atoms with Crippen molar-refractivity contribution in [3.63, 3.8) is 0 Å². The second kappa shape index (κ2) is 10.6. The maximum atomic E-state index is 12.1. The van der Waals surface area contributed by atoms with Crippen LogP contribution < -0.4 is 14.8 Å². The lowest BCUT2D eigenvalue weighted by Crippen LogP contribution is -2.37. The normalized spacial score (nSPS) is 11.4. The van der Waals surface area contributed by atoms with Crippen molar-refractivity contribution in [3.8, 4) is 11.5 Å². The number of carbonyl (C=O) groups excluding carboxylic acids is 2. The molecule has 0 fully saturated rings. The number of rotatable bonds is 9. The van der Waals surface area contributed by atoms with Crippen LogP contribution >= 0.6 is 11.6 Å². The second-order valence-corrected chi connectivity index (χ2v) is 6.59. The van der Waals surface area contributed by atoms with E-state index in [1.165, 1.54) is 14.0 Å². The lowest BCUT2D eigenvalue weighted by Gasteiger charge is -2.14. The van der Waals surface area contributed by atoms with Gasteiger partial charge >= 0.3 is 5.97 Å². The van der Waals surface area contributed by atoms with Gasteiger partial charge in [-0.1, -0.05) is 23.7 Å². The van der Waals surface area contributed by atoms with Crippen molar-refractivity contribution in [1.29, 1.82) is 0 Å². The third-order valence-corrected chi connectivity index (χ3v) is 4.36. The van der Waals surface area contributed by atoms with E-state index in [0.717, 1.165) is 11.3 Å². The van der Waals surface area contributed by atoms with Gasteiger partial charge < -0.3 is 19.5 Å². The molecule has 0 radical (unpaired) electrons. The molecule has 1 atom stereocenters. The second-order valence-electron chi connectivity index (χ2n) is 6.15. The average Bonchev–Trinajstić information content (AvgIpc) is 2.68. The molecule has 0 aliphatic carbocycles. The van der Waals surface area contributed by atoms with Gasteiger partial charge in [-0.05, 0) is 49.2 Å². The molecule has 2 aromatic rings. The van der Waals surface area contributed by atoms with Gasteiger partial charge in [-0.2, -0.15) is 0 Å². The smallest absolute Gasteiger partial charge is 0.311 e. The first-order chi connectivity index (χ1) is 13.4. The fraction of sp³-hybridized carbons (Fsp3) is 0.333. The SMILES string of the molecule is COc1ccc(CCNC(=O)[C@H](C)OC(=O)Cc2cc(Cl)ccc2OC)cc1. The Bertz CT molecular complexity index is 807. The average molecular weight is 406 g/mol. The summed E-state index contributed by atoms with van der Waals surface area (Å²) in [7, 11) is 3.12. The summed E-state index contributed by atoms with van der Waals surface area (Å²) in [6, 6.07) is 12.6. The fourth-order valence-electron chi connectivity index (χ4n) is 2.60. The molecule has 0 aromatic heterocycles. The third-order valence-electron chi connectivity index (χ3n) is 4.13. The molecule has 0 unspecified atom stereocenters. The van der Waals surface area contributed by atoms with Crippen LogP contribution in [0.3, 0.4) is 0 Å². The van der Waals surface area contributed by atoms with Gasteiger partial charge in [0.2, 0.25) is 0 Å². The summed E-state index contributed by atoms with van der Waals surface area (Å²) in [6.45, 7) is 1.98. The molecule has 0 spiro atoms. The van der Waals surface area contributed by atoms with Crippen molar-refractivity contribution in [2.24, 2.45) is 0 Å². The summed E-state index contributed by atoms with van der Waals surface area (Å²) in [4.78, 5) is 24.3.